The smallest absolute Gasteiger partial charge is 0.336 e. The Bertz CT molecular complexity index is 347. The fourth-order valence-electron chi connectivity index (χ4n) is 0.933. The number of thiophene rings is 1. The number of hydrogen-bond acceptors (Lipinski definition) is 3. The predicted molar refractivity (Wildman–Crippen MR) is 47.5 cm³/mol. The van der Waals surface area contributed by atoms with E-state index in [9.17, 15) is 4.79 Å². The second-order valence-electron chi connectivity index (χ2n) is 2.36. The van der Waals surface area contributed by atoms with E-state index in [2.05, 4.69) is 0 Å². The minimum absolute atomic E-state index is 0.295. The van der Waals surface area contributed by atoms with Crippen LogP contribution in [0.3, 0.4) is 0 Å². The molecule has 3 heteroatoms. The number of esters is 1. The quantitative estimate of drug-likeness (QED) is 0.616. The highest BCUT2D eigenvalue weighted by Gasteiger charge is 2.08. The molecule has 0 unspecified atom stereocenters. The lowest BCUT2D eigenvalue weighted by Crippen LogP contribution is -1.89. The van der Waals surface area contributed by atoms with E-state index in [1.165, 1.54) is 6.08 Å². The van der Waals surface area contributed by atoms with Gasteiger partial charge in [-0.2, -0.15) is 11.3 Å². The van der Waals surface area contributed by atoms with Crippen molar-refractivity contribution in [1.29, 1.82) is 0 Å². The first-order valence-electron chi connectivity index (χ1n) is 3.48. The molecule has 2 rings (SSSR count). The number of carbonyl (C=O) groups excluding carboxylic acids is 1. The first-order valence-corrected chi connectivity index (χ1v) is 4.43. The minimum atomic E-state index is -0.295. The highest BCUT2D eigenvalue weighted by molar-refractivity contribution is 7.08. The van der Waals surface area contributed by atoms with Crippen LogP contribution in [0.5, 0.6) is 0 Å². The molecular formula is C9H6O2S. The lowest BCUT2D eigenvalue weighted by molar-refractivity contribution is -0.132. The van der Waals surface area contributed by atoms with Crippen molar-refractivity contribution >= 4 is 23.4 Å². The summed E-state index contributed by atoms with van der Waals surface area (Å²) >= 11 is 1.61. The van der Waals surface area contributed by atoms with E-state index in [1.807, 2.05) is 22.9 Å². The van der Waals surface area contributed by atoms with Gasteiger partial charge in [0.2, 0.25) is 0 Å². The lowest BCUT2D eigenvalue weighted by Gasteiger charge is -1.92. The average molecular weight is 178 g/mol. The standard InChI is InChI=1S/C9H6O2S/c10-9-2-1-8(11-9)5-7-3-4-12-6-7/h1-6H/b8-5+. The van der Waals surface area contributed by atoms with Crippen LogP contribution < -0.4 is 0 Å². The normalized spacial score (nSPS) is 18.7. The molecule has 0 N–H and O–H groups in total. The number of allylic oxidation sites excluding steroid dienone is 1. The van der Waals surface area contributed by atoms with Crippen molar-refractivity contribution in [2.75, 3.05) is 0 Å². The second-order valence-corrected chi connectivity index (χ2v) is 3.14. The third-order valence-electron chi connectivity index (χ3n) is 1.45. The number of rotatable bonds is 1. The Morgan fingerprint density at radius 3 is 2.92 bits per heavy atom. The largest absolute Gasteiger partial charge is 0.423 e. The summed E-state index contributed by atoms with van der Waals surface area (Å²) in [4.78, 5) is 10.6. The van der Waals surface area contributed by atoms with E-state index in [0.717, 1.165) is 5.56 Å². The fourth-order valence-corrected chi connectivity index (χ4v) is 1.55. The molecule has 0 bridgehead atoms. The van der Waals surface area contributed by atoms with Gasteiger partial charge in [0.05, 0.1) is 0 Å². The molecule has 0 fully saturated rings. The van der Waals surface area contributed by atoms with Crippen molar-refractivity contribution in [1.82, 2.24) is 0 Å². The van der Waals surface area contributed by atoms with E-state index in [4.69, 9.17) is 4.74 Å². The third-order valence-corrected chi connectivity index (χ3v) is 2.16. The maximum atomic E-state index is 10.6. The summed E-state index contributed by atoms with van der Waals surface area (Å²) in [6, 6.07) is 1.97. The Hall–Kier alpha value is -1.35. The van der Waals surface area contributed by atoms with Crippen LogP contribution in [-0.4, -0.2) is 5.97 Å². The molecule has 60 valence electrons. The highest BCUT2D eigenvalue weighted by Crippen LogP contribution is 2.15. The van der Waals surface area contributed by atoms with Crippen LogP contribution in [0, 0.1) is 0 Å². The Labute approximate surface area is 73.8 Å². The highest BCUT2D eigenvalue weighted by atomic mass is 32.1. The molecule has 0 amide bonds. The summed E-state index contributed by atoms with van der Waals surface area (Å²) in [5.74, 6) is 0.315. The molecule has 2 heterocycles. The number of hydrogen-bond donors (Lipinski definition) is 0. The van der Waals surface area contributed by atoms with Gasteiger partial charge in [-0.1, -0.05) is 0 Å². The molecule has 0 spiro atoms. The van der Waals surface area contributed by atoms with Gasteiger partial charge in [-0.05, 0) is 34.5 Å². The van der Waals surface area contributed by atoms with Crippen molar-refractivity contribution in [3.63, 3.8) is 0 Å². The van der Waals surface area contributed by atoms with E-state index < -0.39 is 0 Å². The Morgan fingerprint density at radius 2 is 2.33 bits per heavy atom. The van der Waals surface area contributed by atoms with E-state index in [0.29, 0.717) is 5.76 Å². The van der Waals surface area contributed by atoms with E-state index in [1.54, 1.807) is 17.4 Å². The Balaban J connectivity index is 2.21. The lowest BCUT2D eigenvalue weighted by atomic mass is 10.3. The van der Waals surface area contributed by atoms with Crippen molar-refractivity contribution in [2.45, 2.75) is 0 Å². The van der Waals surface area contributed by atoms with Crippen molar-refractivity contribution in [3.8, 4) is 0 Å². The molecule has 1 aliphatic rings. The summed E-state index contributed by atoms with van der Waals surface area (Å²) in [5.41, 5.74) is 1.06. The monoisotopic (exact) mass is 178 g/mol. The predicted octanol–water partition coefficient (Wildman–Crippen LogP) is 2.20. The third kappa shape index (κ3) is 1.46. The topological polar surface area (TPSA) is 26.3 Å². The molecule has 1 aromatic rings. The maximum Gasteiger partial charge on any atom is 0.336 e. The van der Waals surface area contributed by atoms with Gasteiger partial charge in [0, 0.05) is 6.08 Å². The summed E-state index contributed by atoms with van der Waals surface area (Å²) < 4.78 is 4.85. The summed E-state index contributed by atoms with van der Waals surface area (Å²) in [6.45, 7) is 0. The zero-order valence-corrected chi connectivity index (χ0v) is 7.01. The average Bonchev–Trinajstić information content (AvgIpc) is 2.63. The molecule has 2 nitrogen and oxygen atoms in total. The number of carbonyl (C=O) groups is 1. The second kappa shape index (κ2) is 2.95. The molecule has 1 aromatic heterocycles. The van der Waals surface area contributed by atoms with Crippen LogP contribution in [0.25, 0.3) is 6.08 Å². The van der Waals surface area contributed by atoms with Gasteiger partial charge in [0.1, 0.15) is 5.76 Å². The van der Waals surface area contributed by atoms with Crippen LogP contribution in [-0.2, 0) is 9.53 Å². The molecule has 0 aliphatic carbocycles. The summed E-state index contributed by atoms with van der Waals surface area (Å²) in [5, 5.41) is 3.97. The van der Waals surface area contributed by atoms with Crippen molar-refractivity contribution < 1.29 is 9.53 Å². The molecule has 0 radical (unpaired) electrons. The Kier molecular flexibility index (Phi) is 1.80. The van der Waals surface area contributed by atoms with Crippen LogP contribution >= 0.6 is 11.3 Å². The fraction of sp³-hybridized carbons (Fsp3) is 0. The Morgan fingerprint density at radius 1 is 1.42 bits per heavy atom. The van der Waals surface area contributed by atoms with Crippen molar-refractivity contribution in [2.24, 2.45) is 0 Å². The van der Waals surface area contributed by atoms with Gasteiger partial charge < -0.3 is 4.74 Å². The minimum Gasteiger partial charge on any atom is -0.423 e. The van der Waals surface area contributed by atoms with Crippen molar-refractivity contribution in [3.05, 3.63) is 40.3 Å². The maximum absolute atomic E-state index is 10.6. The zero-order valence-electron chi connectivity index (χ0n) is 6.19. The van der Waals surface area contributed by atoms with Gasteiger partial charge in [-0.15, -0.1) is 0 Å². The van der Waals surface area contributed by atoms with E-state index in [-0.39, 0.29) is 5.97 Å². The molecule has 0 atom stereocenters. The SMILES string of the molecule is O=C1C=C/C(=C\c2ccsc2)O1. The summed E-state index contributed by atoms with van der Waals surface area (Å²) in [6.07, 6.45) is 4.91. The molecule has 1 aliphatic heterocycles. The number of ether oxygens (including phenoxy) is 1. The van der Waals surface area contributed by atoms with Gasteiger partial charge >= 0.3 is 5.97 Å². The zero-order chi connectivity index (χ0) is 8.39. The molecule has 0 aromatic carbocycles. The van der Waals surface area contributed by atoms with Gasteiger partial charge in [0.25, 0.3) is 0 Å². The van der Waals surface area contributed by atoms with Gasteiger partial charge in [-0.25, -0.2) is 4.79 Å². The summed E-state index contributed by atoms with van der Waals surface area (Å²) in [7, 11) is 0. The van der Waals surface area contributed by atoms with Gasteiger partial charge in [0.15, 0.2) is 0 Å². The van der Waals surface area contributed by atoms with Crippen LogP contribution in [0.4, 0.5) is 0 Å². The first kappa shape index (κ1) is 7.31. The van der Waals surface area contributed by atoms with Crippen LogP contribution in [0.1, 0.15) is 5.56 Å². The number of cyclic esters (lactones) is 1. The van der Waals surface area contributed by atoms with Crippen LogP contribution in [0.15, 0.2) is 34.7 Å². The van der Waals surface area contributed by atoms with E-state index >= 15 is 0 Å². The van der Waals surface area contributed by atoms with Gasteiger partial charge in [-0.3, -0.25) is 0 Å². The molecule has 0 saturated carbocycles. The molecular weight excluding hydrogens is 172 g/mol. The molecule has 0 saturated heterocycles. The van der Waals surface area contributed by atoms with Crippen LogP contribution in [0.2, 0.25) is 0 Å². The first-order chi connectivity index (χ1) is 5.84. The molecule has 12 heavy (non-hydrogen) atoms.